The summed E-state index contributed by atoms with van der Waals surface area (Å²) in [4.78, 5) is 19.0. The maximum absolute atomic E-state index is 12.6. The molecular formula is C22H31N3O4S. The summed E-state index contributed by atoms with van der Waals surface area (Å²) in [5.41, 5.74) is 2.25. The molecule has 1 aliphatic heterocycles. The van der Waals surface area contributed by atoms with Crippen LogP contribution in [-0.4, -0.2) is 81.7 Å². The molecule has 1 amide bonds. The van der Waals surface area contributed by atoms with E-state index in [0.29, 0.717) is 30.3 Å². The SMILES string of the molecule is COc1ccc(CN2CCN(CC(=O)N(C)Cc3ccsc3)CC2)c(OC)c1OC. The first-order chi connectivity index (χ1) is 14.5. The second-order valence-electron chi connectivity index (χ2n) is 7.43. The van der Waals surface area contributed by atoms with Gasteiger partial charge in [0.15, 0.2) is 11.5 Å². The molecule has 1 aromatic heterocycles. The first-order valence-corrected chi connectivity index (χ1v) is 11.0. The summed E-state index contributed by atoms with van der Waals surface area (Å²) in [6, 6.07) is 6.00. The highest BCUT2D eigenvalue weighted by Gasteiger charge is 2.23. The van der Waals surface area contributed by atoms with Gasteiger partial charge in [-0.1, -0.05) is 6.07 Å². The molecule has 0 radical (unpaired) electrons. The number of ether oxygens (including phenoxy) is 3. The van der Waals surface area contributed by atoms with Gasteiger partial charge < -0.3 is 19.1 Å². The third kappa shape index (κ3) is 5.44. The van der Waals surface area contributed by atoms with Crippen molar-refractivity contribution in [2.24, 2.45) is 0 Å². The minimum Gasteiger partial charge on any atom is -0.493 e. The normalized spacial score (nSPS) is 15.1. The predicted molar refractivity (Wildman–Crippen MR) is 119 cm³/mol. The van der Waals surface area contributed by atoms with E-state index in [4.69, 9.17) is 14.2 Å². The second kappa shape index (κ2) is 10.7. The molecular weight excluding hydrogens is 402 g/mol. The van der Waals surface area contributed by atoms with Crippen LogP contribution in [0.15, 0.2) is 29.0 Å². The van der Waals surface area contributed by atoms with Crippen molar-refractivity contribution in [1.29, 1.82) is 0 Å². The number of carbonyl (C=O) groups excluding carboxylic acids is 1. The Labute approximate surface area is 182 Å². The Morgan fingerprint density at radius 1 is 1.00 bits per heavy atom. The van der Waals surface area contributed by atoms with Crippen LogP contribution < -0.4 is 14.2 Å². The molecule has 2 aromatic rings. The molecule has 8 heteroatoms. The molecule has 0 atom stereocenters. The number of hydrogen-bond donors (Lipinski definition) is 0. The number of hydrogen-bond acceptors (Lipinski definition) is 7. The lowest BCUT2D eigenvalue weighted by Crippen LogP contribution is -2.49. The second-order valence-corrected chi connectivity index (χ2v) is 8.21. The Balaban J connectivity index is 1.52. The summed E-state index contributed by atoms with van der Waals surface area (Å²) in [7, 11) is 6.77. The minimum atomic E-state index is 0.163. The van der Waals surface area contributed by atoms with E-state index in [1.54, 1.807) is 32.7 Å². The summed E-state index contributed by atoms with van der Waals surface area (Å²) in [6.45, 7) is 5.44. The summed E-state index contributed by atoms with van der Waals surface area (Å²) < 4.78 is 16.5. The number of piperazine rings is 1. The van der Waals surface area contributed by atoms with E-state index < -0.39 is 0 Å². The molecule has 3 rings (SSSR count). The highest BCUT2D eigenvalue weighted by atomic mass is 32.1. The van der Waals surface area contributed by atoms with Crippen molar-refractivity contribution in [3.63, 3.8) is 0 Å². The van der Waals surface area contributed by atoms with Crippen molar-refractivity contribution >= 4 is 17.2 Å². The van der Waals surface area contributed by atoms with E-state index in [1.807, 2.05) is 29.5 Å². The van der Waals surface area contributed by atoms with E-state index >= 15 is 0 Å². The van der Waals surface area contributed by atoms with Crippen LogP contribution in [0.25, 0.3) is 0 Å². The third-order valence-electron chi connectivity index (χ3n) is 5.43. The van der Waals surface area contributed by atoms with Crippen LogP contribution in [0.5, 0.6) is 17.2 Å². The van der Waals surface area contributed by atoms with Gasteiger partial charge in [0.1, 0.15) is 0 Å². The van der Waals surface area contributed by atoms with Crippen molar-refractivity contribution < 1.29 is 19.0 Å². The summed E-state index contributed by atoms with van der Waals surface area (Å²) >= 11 is 1.66. The number of likely N-dealkylation sites (N-methyl/N-ethyl adjacent to an activating group) is 1. The minimum absolute atomic E-state index is 0.163. The van der Waals surface area contributed by atoms with Crippen LogP contribution >= 0.6 is 11.3 Å². The van der Waals surface area contributed by atoms with Gasteiger partial charge in [0, 0.05) is 51.9 Å². The predicted octanol–water partition coefficient (Wildman–Crippen LogP) is 2.55. The van der Waals surface area contributed by atoms with Crippen molar-refractivity contribution in [3.8, 4) is 17.2 Å². The van der Waals surface area contributed by atoms with Gasteiger partial charge in [0.25, 0.3) is 0 Å². The molecule has 0 spiro atoms. The number of nitrogens with zero attached hydrogens (tertiary/aromatic N) is 3. The van der Waals surface area contributed by atoms with Gasteiger partial charge in [0.2, 0.25) is 11.7 Å². The maximum atomic E-state index is 12.6. The zero-order valence-electron chi connectivity index (χ0n) is 18.2. The summed E-state index contributed by atoms with van der Waals surface area (Å²) in [5.74, 6) is 2.16. The fraction of sp³-hybridized carbons (Fsp3) is 0.500. The fourth-order valence-electron chi connectivity index (χ4n) is 3.69. The zero-order chi connectivity index (χ0) is 21.5. The Hall–Kier alpha value is -2.29. The smallest absolute Gasteiger partial charge is 0.236 e. The molecule has 0 saturated carbocycles. The molecule has 1 aromatic carbocycles. The number of rotatable bonds is 9. The maximum Gasteiger partial charge on any atom is 0.236 e. The van der Waals surface area contributed by atoms with Crippen LogP contribution in [0, 0.1) is 0 Å². The van der Waals surface area contributed by atoms with Crippen molar-refractivity contribution in [2.45, 2.75) is 13.1 Å². The quantitative estimate of drug-likeness (QED) is 0.606. The molecule has 0 unspecified atom stereocenters. The van der Waals surface area contributed by atoms with Crippen molar-refractivity contribution in [2.75, 3.05) is 61.1 Å². The summed E-state index contributed by atoms with van der Waals surface area (Å²) in [5, 5.41) is 4.13. The lowest BCUT2D eigenvalue weighted by molar-refractivity contribution is -0.132. The number of amides is 1. The van der Waals surface area contributed by atoms with E-state index in [9.17, 15) is 4.79 Å². The number of carbonyl (C=O) groups is 1. The Morgan fingerprint density at radius 2 is 1.70 bits per heavy atom. The largest absolute Gasteiger partial charge is 0.493 e. The standard InChI is InChI=1S/C22H31N3O4S/c1-23(13-17-7-12-30-16-17)20(26)15-25-10-8-24(9-11-25)14-18-5-6-19(27-2)22(29-4)21(18)28-3/h5-7,12,16H,8-11,13-15H2,1-4H3. The van der Waals surface area contributed by atoms with Crippen molar-refractivity contribution in [3.05, 3.63) is 40.1 Å². The van der Waals surface area contributed by atoms with Gasteiger partial charge in [-0.15, -0.1) is 0 Å². The number of benzene rings is 1. The van der Waals surface area contributed by atoms with Gasteiger partial charge >= 0.3 is 0 Å². The van der Waals surface area contributed by atoms with Gasteiger partial charge in [-0.3, -0.25) is 14.6 Å². The van der Waals surface area contributed by atoms with Gasteiger partial charge in [0.05, 0.1) is 27.9 Å². The Morgan fingerprint density at radius 3 is 2.30 bits per heavy atom. The first kappa shape index (κ1) is 22.4. The van der Waals surface area contributed by atoms with Crippen LogP contribution in [-0.2, 0) is 17.9 Å². The average Bonchev–Trinajstić information content (AvgIpc) is 3.27. The van der Waals surface area contributed by atoms with Crippen LogP contribution in [0.3, 0.4) is 0 Å². The molecule has 1 saturated heterocycles. The summed E-state index contributed by atoms with van der Waals surface area (Å²) in [6.07, 6.45) is 0. The zero-order valence-corrected chi connectivity index (χ0v) is 19.0. The lowest BCUT2D eigenvalue weighted by atomic mass is 10.1. The molecule has 2 heterocycles. The molecule has 1 fully saturated rings. The molecule has 0 aliphatic carbocycles. The molecule has 1 aliphatic rings. The Kier molecular flexibility index (Phi) is 7.95. The Bertz CT molecular complexity index is 820. The lowest BCUT2D eigenvalue weighted by Gasteiger charge is -2.35. The highest BCUT2D eigenvalue weighted by Crippen LogP contribution is 2.40. The van der Waals surface area contributed by atoms with Crippen LogP contribution in [0.4, 0.5) is 0 Å². The monoisotopic (exact) mass is 433 g/mol. The van der Waals surface area contributed by atoms with E-state index in [1.165, 1.54) is 5.56 Å². The third-order valence-corrected chi connectivity index (χ3v) is 6.16. The van der Waals surface area contributed by atoms with Gasteiger partial charge in [-0.05, 0) is 28.5 Å². The fourth-order valence-corrected chi connectivity index (χ4v) is 4.35. The molecule has 30 heavy (non-hydrogen) atoms. The average molecular weight is 434 g/mol. The van der Waals surface area contributed by atoms with Crippen molar-refractivity contribution in [1.82, 2.24) is 14.7 Å². The van der Waals surface area contributed by atoms with E-state index in [2.05, 4.69) is 21.2 Å². The van der Waals surface area contributed by atoms with Gasteiger partial charge in [-0.25, -0.2) is 0 Å². The topological polar surface area (TPSA) is 54.5 Å². The number of methoxy groups -OCH3 is 3. The number of thiophene rings is 1. The van der Waals surface area contributed by atoms with E-state index in [-0.39, 0.29) is 5.91 Å². The van der Waals surface area contributed by atoms with Crippen LogP contribution in [0.1, 0.15) is 11.1 Å². The first-order valence-electron chi connectivity index (χ1n) is 10.0. The molecule has 164 valence electrons. The highest BCUT2D eigenvalue weighted by molar-refractivity contribution is 7.07. The molecule has 7 nitrogen and oxygen atoms in total. The van der Waals surface area contributed by atoms with E-state index in [0.717, 1.165) is 38.3 Å². The molecule has 0 N–H and O–H groups in total. The van der Waals surface area contributed by atoms with Crippen LogP contribution in [0.2, 0.25) is 0 Å². The molecule has 0 bridgehead atoms. The van der Waals surface area contributed by atoms with Gasteiger partial charge in [-0.2, -0.15) is 11.3 Å².